The smallest absolute Gasteiger partial charge is 0.139 e. The van der Waals surface area contributed by atoms with Crippen LogP contribution in [0, 0.1) is 0 Å². The zero-order valence-corrected chi connectivity index (χ0v) is 12.0. The molecule has 1 aliphatic rings. The van der Waals surface area contributed by atoms with Crippen molar-refractivity contribution in [1.82, 2.24) is 9.55 Å². The average molecular weight is 274 g/mol. The van der Waals surface area contributed by atoms with Gasteiger partial charge in [-0.2, -0.15) is 0 Å². The van der Waals surface area contributed by atoms with Crippen LogP contribution in [0.4, 0.5) is 0 Å². The van der Waals surface area contributed by atoms with Gasteiger partial charge in [0.1, 0.15) is 11.9 Å². The van der Waals surface area contributed by atoms with Crippen LogP contribution in [0.25, 0.3) is 11.0 Å². The summed E-state index contributed by atoms with van der Waals surface area (Å²) in [6.07, 6.45) is 3.38. The molecule has 0 bridgehead atoms. The van der Waals surface area contributed by atoms with Crippen molar-refractivity contribution in [2.75, 3.05) is 19.8 Å². The second-order valence-corrected chi connectivity index (χ2v) is 5.16. The summed E-state index contributed by atoms with van der Waals surface area (Å²) in [7, 11) is 0. The number of nitrogens with zero attached hydrogens (tertiary/aromatic N) is 2. The molecule has 1 fully saturated rings. The van der Waals surface area contributed by atoms with Crippen molar-refractivity contribution in [1.29, 1.82) is 0 Å². The normalized spacial score (nSPS) is 18.9. The monoisotopic (exact) mass is 274 g/mol. The Labute approximate surface area is 119 Å². The summed E-state index contributed by atoms with van der Waals surface area (Å²) in [6.45, 7) is 5.41. The number of aromatic nitrogens is 2. The summed E-state index contributed by atoms with van der Waals surface area (Å²) < 4.78 is 13.6. The van der Waals surface area contributed by atoms with Gasteiger partial charge in [0, 0.05) is 26.4 Å². The first kappa shape index (κ1) is 13.6. The number of fused-ring (bicyclic) bond motifs is 1. The van der Waals surface area contributed by atoms with Crippen LogP contribution >= 0.6 is 0 Å². The van der Waals surface area contributed by atoms with Crippen LogP contribution in [0.2, 0.25) is 0 Å². The minimum atomic E-state index is 0.162. The summed E-state index contributed by atoms with van der Waals surface area (Å²) in [6, 6.07) is 8.33. The Hall–Kier alpha value is -1.39. The molecular formula is C16H22N2O2. The SMILES string of the molecule is CCOCCCn1c(C2CCCO2)nc2ccccc21. The first-order valence-electron chi connectivity index (χ1n) is 7.54. The van der Waals surface area contributed by atoms with E-state index in [-0.39, 0.29) is 6.10 Å². The maximum Gasteiger partial charge on any atom is 0.139 e. The van der Waals surface area contributed by atoms with E-state index in [0.29, 0.717) is 0 Å². The lowest BCUT2D eigenvalue weighted by Crippen LogP contribution is -2.10. The van der Waals surface area contributed by atoms with Gasteiger partial charge in [0.05, 0.1) is 11.0 Å². The molecule has 0 amide bonds. The maximum atomic E-state index is 5.82. The highest BCUT2D eigenvalue weighted by Crippen LogP contribution is 2.30. The first-order chi connectivity index (χ1) is 9.90. The largest absolute Gasteiger partial charge is 0.382 e. The number of ether oxygens (including phenoxy) is 2. The zero-order chi connectivity index (χ0) is 13.8. The third-order valence-corrected chi connectivity index (χ3v) is 3.78. The number of rotatable bonds is 6. The van der Waals surface area contributed by atoms with Crippen molar-refractivity contribution in [2.24, 2.45) is 0 Å². The fourth-order valence-electron chi connectivity index (χ4n) is 2.83. The van der Waals surface area contributed by atoms with Gasteiger partial charge in [-0.3, -0.25) is 0 Å². The van der Waals surface area contributed by atoms with Crippen LogP contribution in [0.3, 0.4) is 0 Å². The lowest BCUT2D eigenvalue weighted by Gasteiger charge is -2.13. The minimum absolute atomic E-state index is 0.162. The van der Waals surface area contributed by atoms with Gasteiger partial charge in [0.2, 0.25) is 0 Å². The predicted octanol–water partition coefficient (Wildman–Crippen LogP) is 3.31. The molecule has 4 heteroatoms. The second-order valence-electron chi connectivity index (χ2n) is 5.16. The predicted molar refractivity (Wildman–Crippen MR) is 78.8 cm³/mol. The van der Waals surface area contributed by atoms with E-state index in [0.717, 1.165) is 57.0 Å². The molecule has 0 N–H and O–H groups in total. The Morgan fingerprint density at radius 3 is 3.10 bits per heavy atom. The quantitative estimate of drug-likeness (QED) is 0.758. The average Bonchev–Trinajstić information content (AvgIpc) is 3.11. The molecule has 2 aromatic rings. The maximum absolute atomic E-state index is 5.82. The molecule has 20 heavy (non-hydrogen) atoms. The Bertz CT molecular complexity index is 559. The van der Waals surface area contributed by atoms with Crippen LogP contribution < -0.4 is 0 Å². The fourth-order valence-corrected chi connectivity index (χ4v) is 2.83. The summed E-state index contributed by atoms with van der Waals surface area (Å²) >= 11 is 0. The van der Waals surface area contributed by atoms with Gasteiger partial charge in [-0.15, -0.1) is 0 Å². The molecular weight excluding hydrogens is 252 g/mol. The van der Waals surface area contributed by atoms with E-state index < -0.39 is 0 Å². The fraction of sp³-hybridized carbons (Fsp3) is 0.562. The molecule has 0 saturated carbocycles. The minimum Gasteiger partial charge on any atom is -0.382 e. The van der Waals surface area contributed by atoms with Gasteiger partial charge in [-0.25, -0.2) is 4.98 Å². The molecule has 0 aliphatic carbocycles. The molecule has 1 saturated heterocycles. The number of imidazole rings is 1. The number of hydrogen-bond acceptors (Lipinski definition) is 3. The molecule has 1 aliphatic heterocycles. The topological polar surface area (TPSA) is 36.3 Å². The van der Waals surface area contributed by atoms with Gasteiger partial charge in [-0.1, -0.05) is 12.1 Å². The summed E-state index contributed by atoms with van der Waals surface area (Å²) in [5.41, 5.74) is 2.27. The van der Waals surface area contributed by atoms with Gasteiger partial charge >= 0.3 is 0 Å². The van der Waals surface area contributed by atoms with Crippen LogP contribution in [-0.2, 0) is 16.0 Å². The Balaban J connectivity index is 1.87. The summed E-state index contributed by atoms with van der Waals surface area (Å²) in [5, 5.41) is 0. The standard InChI is InChI=1S/C16H22N2O2/c1-2-19-11-6-10-18-14-8-4-3-7-13(14)17-16(18)15-9-5-12-20-15/h3-4,7-8,15H,2,5-6,9-12H2,1H3. The van der Waals surface area contributed by atoms with Crippen LogP contribution in [0.5, 0.6) is 0 Å². The van der Waals surface area contributed by atoms with Crippen molar-refractivity contribution in [3.05, 3.63) is 30.1 Å². The van der Waals surface area contributed by atoms with Gasteiger partial charge in [-0.05, 0) is 38.3 Å². The molecule has 1 atom stereocenters. The van der Waals surface area contributed by atoms with Crippen LogP contribution in [0.1, 0.15) is 38.1 Å². The Morgan fingerprint density at radius 2 is 2.30 bits per heavy atom. The zero-order valence-electron chi connectivity index (χ0n) is 12.0. The van der Waals surface area contributed by atoms with Crippen molar-refractivity contribution in [3.63, 3.8) is 0 Å². The van der Waals surface area contributed by atoms with Crippen molar-refractivity contribution in [2.45, 2.75) is 38.8 Å². The van der Waals surface area contributed by atoms with Crippen molar-refractivity contribution >= 4 is 11.0 Å². The van der Waals surface area contributed by atoms with E-state index in [9.17, 15) is 0 Å². The van der Waals surface area contributed by atoms with Crippen LogP contribution in [0.15, 0.2) is 24.3 Å². The molecule has 1 unspecified atom stereocenters. The van der Waals surface area contributed by atoms with Crippen molar-refractivity contribution in [3.8, 4) is 0 Å². The van der Waals surface area contributed by atoms with E-state index in [2.05, 4.69) is 22.8 Å². The van der Waals surface area contributed by atoms with Crippen LogP contribution in [-0.4, -0.2) is 29.4 Å². The highest BCUT2D eigenvalue weighted by Gasteiger charge is 2.24. The van der Waals surface area contributed by atoms with Gasteiger partial charge in [0.25, 0.3) is 0 Å². The third-order valence-electron chi connectivity index (χ3n) is 3.78. The van der Waals surface area contributed by atoms with Crippen molar-refractivity contribution < 1.29 is 9.47 Å². The molecule has 1 aromatic carbocycles. The number of hydrogen-bond donors (Lipinski definition) is 0. The lowest BCUT2D eigenvalue weighted by atomic mass is 10.2. The second kappa shape index (κ2) is 6.37. The molecule has 108 valence electrons. The number of benzene rings is 1. The number of para-hydroxylation sites is 2. The molecule has 0 spiro atoms. The Morgan fingerprint density at radius 1 is 1.40 bits per heavy atom. The van der Waals surface area contributed by atoms with E-state index in [1.54, 1.807) is 0 Å². The van der Waals surface area contributed by atoms with Gasteiger partial charge in [0.15, 0.2) is 0 Å². The van der Waals surface area contributed by atoms with E-state index in [4.69, 9.17) is 14.5 Å². The first-order valence-corrected chi connectivity index (χ1v) is 7.54. The van der Waals surface area contributed by atoms with Gasteiger partial charge < -0.3 is 14.0 Å². The molecule has 3 rings (SSSR count). The molecule has 1 aromatic heterocycles. The summed E-state index contributed by atoms with van der Waals surface area (Å²) in [4.78, 5) is 4.79. The molecule has 2 heterocycles. The highest BCUT2D eigenvalue weighted by molar-refractivity contribution is 5.76. The number of aryl methyl sites for hydroxylation is 1. The van der Waals surface area contributed by atoms with E-state index in [1.165, 1.54) is 5.52 Å². The van der Waals surface area contributed by atoms with E-state index in [1.807, 2.05) is 13.0 Å². The Kier molecular flexibility index (Phi) is 4.33. The molecule has 0 radical (unpaired) electrons. The lowest BCUT2D eigenvalue weighted by molar-refractivity contribution is 0.101. The van der Waals surface area contributed by atoms with E-state index >= 15 is 0 Å². The highest BCUT2D eigenvalue weighted by atomic mass is 16.5. The molecule has 4 nitrogen and oxygen atoms in total. The third kappa shape index (κ3) is 2.72. The summed E-state index contributed by atoms with van der Waals surface area (Å²) in [5.74, 6) is 1.08.